The Balaban J connectivity index is 1.73. The molecule has 0 saturated carbocycles. The molecule has 14 nitrogen and oxygen atoms in total. The number of nitrogens with zero attached hydrogens (tertiary/aromatic N) is 1. The van der Waals surface area contributed by atoms with Gasteiger partial charge in [-0.05, 0) is 11.6 Å². The minimum Gasteiger partial charge on any atom is -0.481 e. The van der Waals surface area contributed by atoms with Crippen LogP contribution in [0.25, 0.3) is 10.9 Å². The van der Waals surface area contributed by atoms with Gasteiger partial charge in [-0.15, -0.1) is 0 Å². The first-order valence-electron chi connectivity index (χ1n) is 11.2. The van der Waals surface area contributed by atoms with Gasteiger partial charge in [-0.2, -0.15) is 0 Å². The highest BCUT2D eigenvalue weighted by Crippen LogP contribution is 2.19. The molecule has 9 N–H and O–H groups in total. The van der Waals surface area contributed by atoms with Crippen LogP contribution >= 0.6 is 0 Å². The number of carboxylic acids is 2. The largest absolute Gasteiger partial charge is 0.481 e. The molecule has 3 amide bonds. The predicted molar refractivity (Wildman–Crippen MR) is 129 cm³/mol. The summed E-state index contributed by atoms with van der Waals surface area (Å²) in [6.45, 7) is -0.569. The van der Waals surface area contributed by atoms with E-state index in [0.717, 1.165) is 10.9 Å². The van der Waals surface area contributed by atoms with Crippen molar-refractivity contribution >= 4 is 40.6 Å². The predicted octanol–water partition coefficient (Wildman–Crippen LogP) is -1.35. The number of aliphatic carboxylic acids is 2. The van der Waals surface area contributed by atoms with Crippen molar-refractivity contribution < 1.29 is 34.2 Å². The number of aromatic amines is 2. The van der Waals surface area contributed by atoms with Crippen LogP contribution in [0.3, 0.4) is 0 Å². The molecule has 37 heavy (non-hydrogen) atoms. The van der Waals surface area contributed by atoms with E-state index in [1.807, 2.05) is 24.3 Å². The van der Waals surface area contributed by atoms with E-state index in [2.05, 4.69) is 30.9 Å². The third-order valence-electron chi connectivity index (χ3n) is 5.50. The molecule has 196 valence electrons. The number of imidazole rings is 1. The fourth-order valence-electron chi connectivity index (χ4n) is 3.64. The number of carbonyl (C=O) groups excluding carboxylic acids is 3. The Bertz CT molecular complexity index is 1270. The maximum absolute atomic E-state index is 13.2. The lowest BCUT2D eigenvalue weighted by atomic mass is 10.0. The van der Waals surface area contributed by atoms with Crippen LogP contribution in [0, 0.1) is 0 Å². The number of H-pyrrole nitrogens is 2. The molecule has 0 aliphatic rings. The van der Waals surface area contributed by atoms with Gasteiger partial charge in [-0.3, -0.25) is 19.2 Å². The second kappa shape index (κ2) is 12.3. The number of carboxylic acid groups (broad SMARTS) is 2. The number of amides is 3. The number of aromatic nitrogens is 3. The van der Waals surface area contributed by atoms with Crippen LogP contribution in [0.15, 0.2) is 43.0 Å². The Morgan fingerprint density at radius 2 is 1.73 bits per heavy atom. The van der Waals surface area contributed by atoms with E-state index in [9.17, 15) is 29.1 Å². The van der Waals surface area contributed by atoms with Crippen molar-refractivity contribution in [3.63, 3.8) is 0 Å². The summed E-state index contributed by atoms with van der Waals surface area (Å²) in [5, 5.41) is 26.3. The lowest BCUT2D eigenvalue weighted by molar-refractivity contribution is -0.142. The summed E-state index contributed by atoms with van der Waals surface area (Å²) in [6.07, 6.45) is 3.84. The first-order valence-corrected chi connectivity index (χ1v) is 11.2. The minimum atomic E-state index is -1.35. The van der Waals surface area contributed by atoms with Crippen molar-refractivity contribution in [1.82, 2.24) is 30.9 Å². The third-order valence-corrected chi connectivity index (χ3v) is 5.50. The fourth-order valence-corrected chi connectivity index (χ4v) is 3.64. The zero-order valence-electron chi connectivity index (χ0n) is 19.6. The first-order chi connectivity index (χ1) is 17.6. The Morgan fingerprint density at radius 3 is 2.41 bits per heavy atom. The van der Waals surface area contributed by atoms with Gasteiger partial charge in [0, 0.05) is 41.8 Å². The number of benzene rings is 1. The number of hydrogen-bond donors (Lipinski definition) is 8. The van der Waals surface area contributed by atoms with Gasteiger partial charge in [0.1, 0.15) is 12.1 Å². The molecule has 0 aliphatic heterocycles. The smallest absolute Gasteiger partial charge is 0.326 e. The highest BCUT2D eigenvalue weighted by molar-refractivity contribution is 5.94. The first kappa shape index (κ1) is 26.9. The number of fused-ring (bicyclic) bond motifs is 1. The standard InChI is InChI=1S/C23H27N7O7/c24-15(7-20(32)33)21(34)27-10-19(31)29-17(5-12-8-26-16-4-2-1-3-14(12)16)22(35)30-18(23(36)37)6-13-9-25-11-28-13/h1-4,8-9,11,15,17-18,26H,5-7,10,24H2,(H,25,28)(H,27,34)(H,29,31)(H,30,35)(H,32,33)(H,36,37). The minimum absolute atomic E-state index is 0.0183. The van der Waals surface area contributed by atoms with Crippen LogP contribution in [0.4, 0.5) is 0 Å². The Kier molecular flexibility index (Phi) is 8.94. The summed E-state index contributed by atoms with van der Waals surface area (Å²) in [5.41, 5.74) is 7.48. The number of carbonyl (C=O) groups is 5. The summed E-state index contributed by atoms with van der Waals surface area (Å²) < 4.78 is 0. The molecule has 0 aliphatic carbocycles. The van der Waals surface area contributed by atoms with Crippen LogP contribution < -0.4 is 21.7 Å². The normalized spacial score (nSPS) is 13.3. The Labute approximate surface area is 210 Å². The number of rotatable bonds is 13. The molecular formula is C23H27N7O7. The van der Waals surface area contributed by atoms with E-state index in [1.54, 1.807) is 6.20 Å². The van der Waals surface area contributed by atoms with Gasteiger partial charge in [0.2, 0.25) is 17.7 Å². The topological polar surface area (TPSA) is 232 Å². The highest BCUT2D eigenvalue weighted by Gasteiger charge is 2.28. The van der Waals surface area contributed by atoms with Crippen molar-refractivity contribution in [2.24, 2.45) is 5.73 Å². The van der Waals surface area contributed by atoms with Gasteiger partial charge in [0.05, 0.1) is 25.3 Å². The van der Waals surface area contributed by atoms with E-state index in [1.165, 1.54) is 12.5 Å². The quantitative estimate of drug-likeness (QED) is 0.135. The van der Waals surface area contributed by atoms with Crippen molar-refractivity contribution in [3.05, 3.63) is 54.2 Å². The molecule has 3 unspecified atom stereocenters. The van der Waals surface area contributed by atoms with Gasteiger partial charge in [-0.1, -0.05) is 18.2 Å². The summed E-state index contributed by atoms with van der Waals surface area (Å²) in [5.74, 6) is -4.90. The molecule has 3 rings (SSSR count). The van der Waals surface area contributed by atoms with Crippen LogP contribution in [-0.4, -0.2) is 79.5 Å². The van der Waals surface area contributed by atoms with Crippen LogP contribution in [0.1, 0.15) is 17.7 Å². The van der Waals surface area contributed by atoms with Gasteiger partial charge >= 0.3 is 11.9 Å². The molecule has 0 spiro atoms. The molecule has 0 radical (unpaired) electrons. The fraction of sp³-hybridized carbons (Fsp3) is 0.304. The van der Waals surface area contributed by atoms with E-state index >= 15 is 0 Å². The van der Waals surface area contributed by atoms with Gasteiger partial charge in [-0.25, -0.2) is 9.78 Å². The monoisotopic (exact) mass is 513 g/mol. The zero-order valence-corrected chi connectivity index (χ0v) is 19.6. The average molecular weight is 514 g/mol. The molecule has 0 saturated heterocycles. The summed E-state index contributed by atoms with van der Waals surface area (Å²) >= 11 is 0. The molecule has 0 fully saturated rings. The van der Waals surface area contributed by atoms with Crippen molar-refractivity contribution in [2.45, 2.75) is 37.4 Å². The van der Waals surface area contributed by atoms with Crippen LogP contribution in [-0.2, 0) is 36.8 Å². The van der Waals surface area contributed by atoms with Gasteiger partial charge in [0.25, 0.3) is 0 Å². The lowest BCUT2D eigenvalue weighted by Crippen LogP contribution is -2.55. The summed E-state index contributed by atoms with van der Waals surface area (Å²) in [7, 11) is 0. The maximum Gasteiger partial charge on any atom is 0.326 e. The number of nitrogens with one attached hydrogen (secondary N) is 5. The van der Waals surface area contributed by atoms with Crippen molar-refractivity contribution in [3.8, 4) is 0 Å². The maximum atomic E-state index is 13.2. The third kappa shape index (κ3) is 7.63. The summed E-state index contributed by atoms with van der Waals surface area (Å²) in [6, 6.07) is 3.47. The van der Waals surface area contributed by atoms with Crippen LogP contribution in [0.5, 0.6) is 0 Å². The van der Waals surface area contributed by atoms with Gasteiger partial charge < -0.3 is 41.9 Å². The Hall–Kier alpha value is -4.72. The van der Waals surface area contributed by atoms with Gasteiger partial charge in [0.15, 0.2) is 0 Å². The number of para-hydroxylation sites is 1. The summed E-state index contributed by atoms with van der Waals surface area (Å²) in [4.78, 5) is 69.8. The van der Waals surface area contributed by atoms with E-state index in [0.29, 0.717) is 11.3 Å². The lowest BCUT2D eigenvalue weighted by Gasteiger charge is -2.21. The molecule has 2 heterocycles. The van der Waals surface area contributed by atoms with E-state index < -0.39 is 60.8 Å². The zero-order chi connectivity index (χ0) is 26.9. The molecule has 2 aromatic heterocycles. The second-order valence-electron chi connectivity index (χ2n) is 8.29. The van der Waals surface area contributed by atoms with E-state index in [4.69, 9.17) is 10.8 Å². The molecule has 1 aromatic carbocycles. The van der Waals surface area contributed by atoms with Crippen molar-refractivity contribution in [2.75, 3.05) is 6.54 Å². The highest BCUT2D eigenvalue weighted by atomic mass is 16.4. The number of hydrogen-bond acceptors (Lipinski definition) is 7. The molecule has 0 bridgehead atoms. The number of nitrogens with two attached hydrogens (primary N) is 1. The second-order valence-corrected chi connectivity index (χ2v) is 8.29. The molecule has 14 heteroatoms. The van der Waals surface area contributed by atoms with Crippen LogP contribution in [0.2, 0.25) is 0 Å². The van der Waals surface area contributed by atoms with Crippen molar-refractivity contribution in [1.29, 1.82) is 0 Å². The van der Waals surface area contributed by atoms with E-state index in [-0.39, 0.29) is 12.8 Å². The average Bonchev–Trinajstić information content (AvgIpc) is 3.51. The molecule has 3 aromatic rings. The Morgan fingerprint density at radius 1 is 0.973 bits per heavy atom. The molecular weight excluding hydrogens is 486 g/mol. The molecule has 3 atom stereocenters. The SMILES string of the molecule is NC(CC(=O)O)C(=O)NCC(=O)NC(Cc1c[nH]c2ccccc12)C(=O)NC(Cc1cnc[nH]1)C(=O)O.